The molecule has 2 heteroatoms. The molecule has 2 nitrogen and oxygen atoms in total. The number of hydrogen-bond donors (Lipinski definition) is 0. The van der Waals surface area contributed by atoms with Crippen LogP contribution in [0.2, 0.25) is 0 Å². The van der Waals surface area contributed by atoms with Gasteiger partial charge >= 0.3 is 0 Å². The Morgan fingerprint density at radius 2 is 1.76 bits per heavy atom. The van der Waals surface area contributed by atoms with Crippen LogP contribution in [0, 0.1) is 5.92 Å². The molecule has 1 aromatic rings. The maximum atomic E-state index is 12.3. The lowest BCUT2D eigenvalue weighted by molar-refractivity contribution is -0.133. The molecule has 1 amide bonds. The molecule has 3 rings (SSSR count). The minimum absolute atomic E-state index is 0.274. The van der Waals surface area contributed by atoms with Crippen molar-refractivity contribution in [3.8, 4) is 0 Å². The van der Waals surface area contributed by atoms with Gasteiger partial charge in [-0.2, -0.15) is 0 Å². The summed E-state index contributed by atoms with van der Waals surface area (Å²) in [4.78, 5) is 14.4. The van der Waals surface area contributed by atoms with E-state index in [4.69, 9.17) is 0 Å². The zero-order valence-electron chi connectivity index (χ0n) is 10.1. The minimum atomic E-state index is 0.274. The quantitative estimate of drug-likeness (QED) is 0.763. The van der Waals surface area contributed by atoms with E-state index in [1.807, 2.05) is 6.07 Å². The van der Waals surface area contributed by atoms with Crippen LogP contribution >= 0.6 is 0 Å². The number of piperidine rings is 1. The number of hydrogen-bond acceptors (Lipinski definition) is 1. The molecule has 2 aliphatic rings. The molecule has 17 heavy (non-hydrogen) atoms. The van der Waals surface area contributed by atoms with E-state index >= 15 is 0 Å². The Kier molecular flexibility index (Phi) is 2.87. The molecule has 1 saturated heterocycles. The van der Waals surface area contributed by atoms with Gasteiger partial charge in [-0.15, -0.1) is 0 Å². The highest BCUT2D eigenvalue weighted by atomic mass is 16.2. The van der Waals surface area contributed by atoms with Crippen molar-refractivity contribution in [1.82, 2.24) is 4.90 Å². The van der Waals surface area contributed by atoms with Crippen LogP contribution in [-0.4, -0.2) is 23.9 Å². The Balaban J connectivity index is 1.62. The van der Waals surface area contributed by atoms with Gasteiger partial charge in [0.1, 0.15) is 0 Å². The number of benzene rings is 1. The Bertz CT molecular complexity index is 395. The predicted octanol–water partition coefficient (Wildman–Crippen LogP) is 2.80. The average molecular weight is 229 g/mol. The van der Waals surface area contributed by atoms with Crippen molar-refractivity contribution in [3.05, 3.63) is 35.9 Å². The normalized spacial score (nSPS) is 27.9. The molecule has 0 N–H and O–H groups in total. The second kappa shape index (κ2) is 4.52. The first kappa shape index (κ1) is 10.8. The van der Waals surface area contributed by atoms with Gasteiger partial charge in [0.05, 0.1) is 0 Å². The molecule has 1 aromatic carbocycles. The molecule has 0 radical (unpaired) electrons. The van der Waals surface area contributed by atoms with Crippen molar-refractivity contribution in [2.75, 3.05) is 13.1 Å². The molecular weight excluding hydrogens is 210 g/mol. The second-order valence-electron chi connectivity index (χ2n) is 5.25. The lowest BCUT2D eigenvalue weighted by atomic mass is 10.1. The number of nitrogens with zero attached hydrogens (tertiary/aromatic N) is 1. The van der Waals surface area contributed by atoms with Gasteiger partial charge in [-0.1, -0.05) is 30.3 Å². The van der Waals surface area contributed by atoms with Gasteiger partial charge in [0, 0.05) is 19.0 Å². The fraction of sp³-hybridized carbons (Fsp3) is 0.533. The van der Waals surface area contributed by atoms with Gasteiger partial charge < -0.3 is 4.90 Å². The fourth-order valence-corrected chi connectivity index (χ4v) is 2.89. The molecule has 0 spiro atoms. The topological polar surface area (TPSA) is 20.3 Å². The first-order chi connectivity index (χ1) is 8.36. The van der Waals surface area contributed by atoms with E-state index < -0.39 is 0 Å². The van der Waals surface area contributed by atoms with Gasteiger partial charge in [-0.3, -0.25) is 4.79 Å². The standard InChI is InChI=1S/C15H19NO/c17-15(16-9-5-2-6-10-16)14-11-13(14)12-7-3-1-4-8-12/h1,3-4,7-8,13-14H,2,5-6,9-11H2/t13-,14-/m0/s1. The van der Waals surface area contributed by atoms with Crippen LogP contribution in [0.1, 0.15) is 37.2 Å². The second-order valence-corrected chi connectivity index (χ2v) is 5.25. The zero-order chi connectivity index (χ0) is 11.7. The molecule has 90 valence electrons. The molecule has 0 unspecified atom stereocenters. The third kappa shape index (κ3) is 2.21. The van der Waals surface area contributed by atoms with Crippen LogP contribution in [0.4, 0.5) is 0 Å². The van der Waals surface area contributed by atoms with Gasteiger partial charge in [0.25, 0.3) is 0 Å². The number of carbonyl (C=O) groups excluding carboxylic acids is 1. The number of carbonyl (C=O) groups is 1. The molecule has 1 aliphatic carbocycles. The number of likely N-dealkylation sites (tertiary alicyclic amines) is 1. The van der Waals surface area contributed by atoms with Crippen LogP contribution in [0.3, 0.4) is 0 Å². The van der Waals surface area contributed by atoms with Crippen LogP contribution in [0.25, 0.3) is 0 Å². The van der Waals surface area contributed by atoms with Crippen LogP contribution < -0.4 is 0 Å². The third-order valence-corrected chi connectivity index (χ3v) is 4.00. The van der Waals surface area contributed by atoms with E-state index in [1.54, 1.807) is 0 Å². The van der Waals surface area contributed by atoms with Crippen LogP contribution in [0.15, 0.2) is 30.3 Å². The summed E-state index contributed by atoms with van der Waals surface area (Å²) >= 11 is 0. The van der Waals surface area contributed by atoms with Crippen molar-refractivity contribution in [2.24, 2.45) is 5.92 Å². The minimum Gasteiger partial charge on any atom is -0.342 e. The van der Waals surface area contributed by atoms with Crippen molar-refractivity contribution < 1.29 is 4.79 Å². The summed E-state index contributed by atoms with van der Waals surface area (Å²) < 4.78 is 0. The third-order valence-electron chi connectivity index (χ3n) is 4.00. The number of rotatable bonds is 2. The average Bonchev–Trinajstić information content (AvgIpc) is 3.20. The Morgan fingerprint density at radius 1 is 1.06 bits per heavy atom. The first-order valence-electron chi connectivity index (χ1n) is 6.70. The molecule has 2 fully saturated rings. The van der Waals surface area contributed by atoms with E-state index in [2.05, 4.69) is 29.2 Å². The summed E-state index contributed by atoms with van der Waals surface area (Å²) in [6.45, 7) is 1.97. The van der Waals surface area contributed by atoms with E-state index in [1.165, 1.54) is 24.8 Å². The molecule has 1 saturated carbocycles. The zero-order valence-corrected chi connectivity index (χ0v) is 10.1. The lowest BCUT2D eigenvalue weighted by Crippen LogP contribution is -2.36. The summed E-state index contributed by atoms with van der Waals surface area (Å²) in [5.74, 6) is 1.17. The SMILES string of the molecule is O=C([C@H]1C[C@H]1c1ccccc1)N1CCCCC1. The van der Waals surface area contributed by atoms with E-state index in [0.29, 0.717) is 11.8 Å². The molecular formula is C15H19NO. The summed E-state index contributed by atoms with van der Waals surface area (Å²) in [5.41, 5.74) is 1.34. The Morgan fingerprint density at radius 3 is 2.47 bits per heavy atom. The van der Waals surface area contributed by atoms with E-state index in [0.717, 1.165) is 19.5 Å². The van der Waals surface area contributed by atoms with Gasteiger partial charge in [-0.25, -0.2) is 0 Å². The summed E-state index contributed by atoms with van der Waals surface area (Å²) in [7, 11) is 0. The molecule has 0 bridgehead atoms. The van der Waals surface area contributed by atoms with Gasteiger partial charge in [0.15, 0.2) is 0 Å². The summed E-state index contributed by atoms with van der Waals surface area (Å²) in [5, 5.41) is 0. The van der Waals surface area contributed by atoms with Crippen LogP contribution in [0.5, 0.6) is 0 Å². The predicted molar refractivity (Wildman–Crippen MR) is 67.7 cm³/mol. The smallest absolute Gasteiger partial charge is 0.226 e. The molecule has 1 aliphatic heterocycles. The maximum Gasteiger partial charge on any atom is 0.226 e. The van der Waals surface area contributed by atoms with Gasteiger partial charge in [-0.05, 0) is 37.2 Å². The van der Waals surface area contributed by atoms with E-state index in [-0.39, 0.29) is 5.92 Å². The van der Waals surface area contributed by atoms with Gasteiger partial charge in [0.2, 0.25) is 5.91 Å². The van der Waals surface area contributed by atoms with Crippen LogP contribution in [-0.2, 0) is 4.79 Å². The Hall–Kier alpha value is -1.31. The highest BCUT2D eigenvalue weighted by Gasteiger charge is 2.45. The van der Waals surface area contributed by atoms with Crippen molar-refractivity contribution in [1.29, 1.82) is 0 Å². The maximum absolute atomic E-state index is 12.3. The monoisotopic (exact) mass is 229 g/mol. The van der Waals surface area contributed by atoms with E-state index in [9.17, 15) is 4.79 Å². The Labute approximate surface area is 103 Å². The largest absolute Gasteiger partial charge is 0.342 e. The highest BCUT2D eigenvalue weighted by molar-refractivity contribution is 5.83. The molecule has 2 atom stereocenters. The van der Waals surface area contributed by atoms with Crippen molar-refractivity contribution in [3.63, 3.8) is 0 Å². The van der Waals surface area contributed by atoms with Crippen molar-refractivity contribution in [2.45, 2.75) is 31.6 Å². The summed E-state index contributed by atoms with van der Waals surface area (Å²) in [6.07, 6.45) is 4.72. The molecule has 0 aromatic heterocycles. The highest BCUT2D eigenvalue weighted by Crippen LogP contribution is 2.48. The summed E-state index contributed by atoms with van der Waals surface area (Å²) in [6, 6.07) is 10.5. The molecule has 1 heterocycles. The van der Waals surface area contributed by atoms with Crippen molar-refractivity contribution >= 4 is 5.91 Å². The lowest BCUT2D eigenvalue weighted by Gasteiger charge is -2.26. The first-order valence-corrected chi connectivity index (χ1v) is 6.70. The fourth-order valence-electron chi connectivity index (χ4n) is 2.89. The number of amides is 1.